The fourth-order valence-corrected chi connectivity index (χ4v) is 3.15. The van der Waals surface area contributed by atoms with Crippen LogP contribution in [0, 0.1) is 0 Å². The molecule has 0 aromatic carbocycles. The molecule has 1 saturated heterocycles. The fraction of sp³-hybridized carbons (Fsp3) is 0.538. The van der Waals surface area contributed by atoms with Gasteiger partial charge in [0.2, 0.25) is 0 Å². The molecule has 3 rings (SSSR count). The fourth-order valence-electron chi connectivity index (χ4n) is 2.42. The highest BCUT2D eigenvalue weighted by molar-refractivity contribution is 7.16. The second-order valence-electron chi connectivity index (χ2n) is 4.57. The van der Waals surface area contributed by atoms with Crippen LogP contribution in [0.2, 0.25) is 0 Å². The van der Waals surface area contributed by atoms with Gasteiger partial charge in [0.15, 0.2) is 0 Å². The second-order valence-corrected chi connectivity index (χ2v) is 5.46. The summed E-state index contributed by atoms with van der Waals surface area (Å²) >= 11 is 1.66. The third kappa shape index (κ3) is 2.56. The lowest BCUT2D eigenvalue weighted by Crippen LogP contribution is -2.51. The Morgan fingerprint density at radius 1 is 1.53 bits per heavy atom. The summed E-state index contributed by atoms with van der Waals surface area (Å²) in [5, 5.41) is 6.62. The Bertz CT molecular complexity index is 544. The van der Waals surface area contributed by atoms with Crippen LogP contribution in [-0.2, 0) is 4.74 Å². The standard InChI is InChI=1S/C13H18N4OS/c1-2-14-7-10-8-18-5-4-17(10)12-11-3-6-19-13(11)16-9-15-12/h3,6,9-10,14H,2,4-5,7-8H2,1H3. The van der Waals surface area contributed by atoms with Crippen molar-refractivity contribution in [2.24, 2.45) is 0 Å². The van der Waals surface area contributed by atoms with Crippen LogP contribution >= 0.6 is 11.3 Å². The van der Waals surface area contributed by atoms with E-state index in [2.05, 4.69) is 38.6 Å². The van der Waals surface area contributed by atoms with Crippen molar-refractivity contribution in [3.05, 3.63) is 17.8 Å². The van der Waals surface area contributed by atoms with E-state index in [0.29, 0.717) is 6.04 Å². The number of ether oxygens (including phenoxy) is 1. The quantitative estimate of drug-likeness (QED) is 0.918. The molecule has 1 aliphatic rings. The van der Waals surface area contributed by atoms with Crippen molar-refractivity contribution >= 4 is 27.4 Å². The minimum Gasteiger partial charge on any atom is -0.377 e. The predicted molar refractivity (Wildman–Crippen MR) is 77.9 cm³/mol. The molecule has 0 bridgehead atoms. The number of hydrogen-bond acceptors (Lipinski definition) is 6. The minimum atomic E-state index is 0.340. The van der Waals surface area contributed by atoms with E-state index >= 15 is 0 Å². The molecule has 0 spiro atoms. The van der Waals surface area contributed by atoms with Crippen LogP contribution in [0.25, 0.3) is 10.2 Å². The van der Waals surface area contributed by atoms with Gasteiger partial charge in [0.05, 0.1) is 24.6 Å². The third-order valence-electron chi connectivity index (χ3n) is 3.37. The van der Waals surface area contributed by atoms with Crippen molar-refractivity contribution in [3.63, 3.8) is 0 Å². The number of fused-ring (bicyclic) bond motifs is 1. The molecule has 3 heterocycles. The number of anilines is 1. The number of aromatic nitrogens is 2. The Labute approximate surface area is 116 Å². The topological polar surface area (TPSA) is 50.3 Å². The van der Waals surface area contributed by atoms with Crippen molar-refractivity contribution in [1.82, 2.24) is 15.3 Å². The second kappa shape index (κ2) is 5.81. The van der Waals surface area contributed by atoms with Crippen LogP contribution in [0.3, 0.4) is 0 Å². The lowest BCUT2D eigenvalue weighted by molar-refractivity contribution is 0.0936. The smallest absolute Gasteiger partial charge is 0.141 e. The van der Waals surface area contributed by atoms with Crippen molar-refractivity contribution in [1.29, 1.82) is 0 Å². The number of hydrogen-bond donors (Lipinski definition) is 1. The van der Waals surface area contributed by atoms with Crippen LogP contribution < -0.4 is 10.2 Å². The van der Waals surface area contributed by atoms with Gasteiger partial charge >= 0.3 is 0 Å². The molecule has 1 aliphatic heterocycles. The number of thiophene rings is 1. The maximum Gasteiger partial charge on any atom is 0.141 e. The summed E-state index contributed by atoms with van der Waals surface area (Å²) in [6.45, 7) is 6.42. The Morgan fingerprint density at radius 3 is 3.37 bits per heavy atom. The maximum absolute atomic E-state index is 5.60. The van der Waals surface area contributed by atoms with Crippen molar-refractivity contribution in [3.8, 4) is 0 Å². The van der Waals surface area contributed by atoms with E-state index in [4.69, 9.17) is 4.74 Å². The van der Waals surface area contributed by atoms with Gasteiger partial charge in [-0.25, -0.2) is 9.97 Å². The first-order valence-corrected chi connectivity index (χ1v) is 7.51. The highest BCUT2D eigenvalue weighted by atomic mass is 32.1. The molecule has 0 saturated carbocycles. The van der Waals surface area contributed by atoms with Gasteiger partial charge in [-0.2, -0.15) is 0 Å². The monoisotopic (exact) mass is 278 g/mol. The molecule has 102 valence electrons. The lowest BCUT2D eigenvalue weighted by atomic mass is 10.2. The third-order valence-corrected chi connectivity index (χ3v) is 4.19. The number of nitrogens with zero attached hydrogens (tertiary/aromatic N) is 3. The molecule has 6 heteroatoms. The number of nitrogens with one attached hydrogen (secondary N) is 1. The predicted octanol–water partition coefficient (Wildman–Crippen LogP) is 1.51. The Kier molecular flexibility index (Phi) is 3.91. The zero-order valence-corrected chi connectivity index (χ0v) is 11.8. The van der Waals surface area contributed by atoms with Gasteiger partial charge in [0.1, 0.15) is 17.0 Å². The molecule has 19 heavy (non-hydrogen) atoms. The first-order valence-electron chi connectivity index (χ1n) is 6.63. The molecule has 1 N–H and O–H groups in total. The van der Waals surface area contributed by atoms with Crippen LogP contribution in [0.1, 0.15) is 6.92 Å². The van der Waals surface area contributed by atoms with E-state index < -0.39 is 0 Å². The molecule has 0 radical (unpaired) electrons. The largest absolute Gasteiger partial charge is 0.377 e. The SMILES string of the molecule is CCNCC1COCCN1c1ncnc2sccc12. The summed E-state index contributed by atoms with van der Waals surface area (Å²) in [5.41, 5.74) is 0. The molecule has 1 fully saturated rings. The van der Waals surface area contributed by atoms with E-state index in [0.717, 1.165) is 48.9 Å². The highest BCUT2D eigenvalue weighted by Gasteiger charge is 2.25. The van der Waals surface area contributed by atoms with Crippen LogP contribution in [0.15, 0.2) is 17.8 Å². The van der Waals surface area contributed by atoms with E-state index in [1.165, 1.54) is 0 Å². The van der Waals surface area contributed by atoms with Gasteiger partial charge in [0, 0.05) is 13.1 Å². The van der Waals surface area contributed by atoms with Gasteiger partial charge in [-0.05, 0) is 18.0 Å². The van der Waals surface area contributed by atoms with Crippen molar-refractivity contribution in [2.75, 3.05) is 37.7 Å². The van der Waals surface area contributed by atoms with Crippen LogP contribution in [0.4, 0.5) is 5.82 Å². The average molecular weight is 278 g/mol. The normalized spacial score (nSPS) is 20.1. The Hall–Kier alpha value is -1.24. The Balaban J connectivity index is 1.91. The minimum absolute atomic E-state index is 0.340. The van der Waals surface area contributed by atoms with Crippen molar-refractivity contribution < 1.29 is 4.74 Å². The van der Waals surface area contributed by atoms with E-state index in [9.17, 15) is 0 Å². The molecular formula is C13H18N4OS. The van der Waals surface area contributed by atoms with E-state index in [1.54, 1.807) is 17.7 Å². The van der Waals surface area contributed by atoms with Crippen molar-refractivity contribution in [2.45, 2.75) is 13.0 Å². The summed E-state index contributed by atoms with van der Waals surface area (Å²) < 4.78 is 5.60. The molecule has 1 unspecified atom stereocenters. The summed E-state index contributed by atoms with van der Waals surface area (Å²) in [7, 11) is 0. The number of rotatable bonds is 4. The van der Waals surface area contributed by atoms with Gasteiger partial charge in [0.25, 0.3) is 0 Å². The number of likely N-dealkylation sites (N-methyl/N-ethyl adjacent to an activating group) is 1. The van der Waals surface area contributed by atoms with Gasteiger partial charge < -0.3 is 15.0 Å². The summed E-state index contributed by atoms with van der Waals surface area (Å²) in [4.78, 5) is 12.2. The van der Waals surface area contributed by atoms with E-state index in [1.807, 2.05) is 0 Å². The van der Waals surface area contributed by atoms with E-state index in [-0.39, 0.29) is 0 Å². The van der Waals surface area contributed by atoms with Gasteiger partial charge in [-0.15, -0.1) is 11.3 Å². The molecule has 1 atom stereocenters. The van der Waals surface area contributed by atoms with Crippen LogP contribution in [0.5, 0.6) is 0 Å². The molecule has 0 aliphatic carbocycles. The zero-order chi connectivity index (χ0) is 13.1. The summed E-state index contributed by atoms with van der Waals surface area (Å²) in [5.74, 6) is 1.04. The molecule has 0 amide bonds. The molecule has 2 aromatic heterocycles. The zero-order valence-electron chi connectivity index (χ0n) is 11.0. The molecule has 5 nitrogen and oxygen atoms in total. The lowest BCUT2D eigenvalue weighted by Gasteiger charge is -2.36. The van der Waals surface area contributed by atoms with Gasteiger partial charge in [-0.1, -0.05) is 6.92 Å². The Morgan fingerprint density at radius 2 is 2.47 bits per heavy atom. The number of morpholine rings is 1. The average Bonchev–Trinajstić information content (AvgIpc) is 2.94. The van der Waals surface area contributed by atoms with Crippen LogP contribution in [-0.4, -0.2) is 48.9 Å². The van der Waals surface area contributed by atoms with Gasteiger partial charge in [-0.3, -0.25) is 0 Å². The first kappa shape index (κ1) is 12.8. The first-order chi connectivity index (χ1) is 9.40. The molecule has 2 aromatic rings. The molecular weight excluding hydrogens is 260 g/mol. The summed E-state index contributed by atoms with van der Waals surface area (Å²) in [6, 6.07) is 2.45. The summed E-state index contributed by atoms with van der Waals surface area (Å²) in [6.07, 6.45) is 1.66. The maximum atomic E-state index is 5.60. The highest BCUT2D eigenvalue weighted by Crippen LogP contribution is 2.28.